The second kappa shape index (κ2) is 11.4. The van der Waals surface area contributed by atoms with Gasteiger partial charge in [0.15, 0.2) is 0 Å². The Morgan fingerprint density at radius 2 is 1.67 bits per heavy atom. The van der Waals surface area contributed by atoms with Gasteiger partial charge >= 0.3 is 6.03 Å². The van der Waals surface area contributed by atoms with Crippen LogP contribution in [0.2, 0.25) is 0 Å². The molecule has 0 saturated carbocycles. The first-order valence-electron chi connectivity index (χ1n) is 13.3. The number of carbonyl (C=O) groups excluding carboxylic acids is 3. The van der Waals surface area contributed by atoms with Gasteiger partial charge in [-0.05, 0) is 66.6 Å². The van der Waals surface area contributed by atoms with Crippen LogP contribution in [0.4, 0.5) is 14.9 Å². The van der Waals surface area contributed by atoms with E-state index in [9.17, 15) is 27.2 Å². The highest BCUT2D eigenvalue weighted by molar-refractivity contribution is 7.89. The van der Waals surface area contributed by atoms with Crippen LogP contribution in [0.15, 0.2) is 53.4 Å². The zero-order chi connectivity index (χ0) is 28.4. The van der Waals surface area contributed by atoms with Gasteiger partial charge in [-0.25, -0.2) is 17.6 Å². The predicted octanol–water partition coefficient (Wildman–Crippen LogP) is 4.07. The van der Waals surface area contributed by atoms with Crippen molar-refractivity contribution in [2.45, 2.75) is 56.9 Å². The van der Waals surface area contributed by atoms with Crippen LogP contribution >= 0.6 is 0 Å². The second-order valence-electron chi connectivity index (χ2n) is 10.7. The maximum Gasteiger partial charge on any atom is 0.325 e. The molecular weight excluding hydrogens is 523 g/mol. The van der Waals surface area contributed by atoms with Crippen molar-refractivity contribution < 1.29 is 27.2 Å². The van der Waals surface area contributed by atoms with E-state index >= 15 is 0 Å². The summed E-state index contributed by atoms with van der Waals surface area (Å²) in [6.45, 7) is 6.44. The minimum atomic E-state index is -3.66. The van der Waals surface area contributed by atoms with E-state index in [1.54, 1.807) is 0 Å². The van der Waals surface area contributed by atoms with Crippen molar-refractivity contribution in [3.8, 4) is 0 Å². The van der Waals surface area contributed by atoms with Crippen molar-refractivity contribution in [1.82, 2.24) is 14.5 Å². The molecule has 0 unspecified atom stereocenters. The molecule has 0 bridgehead atoms. The van der Waals surface area contributed by atoms with E-state index in [2.05, 4.69) is 10.6 Å². The van der Waals surface area contributed by atoms with Gasteiger partial charge in [-0.3, -0.25) is 14.5 Å². The van der Waals surface area contributed by atoms with Crippen molar-refractivity contribution >= 4 is 33.6 Å². The third kappa shape index (κ3) is 5.99. The highest BCUT2D eigenvalue weighted by Crippen LogP contribution is 2.34. The quantitative estimate of drug-likeness (QED) is 0.450. The number of carbonyl (C=O) groups is 3. The molecule has 210 valence electrons. The summed E-state index contributed by atoms with van der Waals surface area (Å²) < 4.78 is 41.3. The molecular formula is C28H35FN4O5S. The molecule has 4 amide bonds. The first kappa shape index (κ1) is 28.7. The van der Waals surface area contributed by atoms with Crippen molar-refractivity contribution in [2.24, 2.45) is 11.8 Å². The van der Waals surface area contributed by atoms with Crippen LogP contribution < -0.4 is 10.6 Å². The Balaban J connectivity index is 1.45. The van der Waals surface area contributed by atoms with E-state index in [1.165, 1.54) is 52.8 Å². The Bertz CT molecular complexity index is 1320. The molecule has 2 saturated heterocycles. The van der Waals surface area contributed by atoms with Crippen LogP contribution in [0.25, 0.3) is 0 Å². The number of anilines is 1. The number of hydrogen-bond acceptors (Lipinski definition) is 5. The van der Waals surface area contributed by atoms with E-state index in [0.29, 0.717) is 37.2 Å². The fourth-order valence-corrected chi connectivity index (χ4v) is 7.14. The van der Waals surface area contributed by atoms with Crippen molar-refractivity contribution in [1.29, 1.82) is 0 Å². The molecule has 2 aliphatic heterocycles. The lowest BCUT2D eigenvalue weighted by atomic mass is 9.85. The number of urea groups is 1. The van der Waals surface area contributed by atoms with Gasteiger partial charge in [0.25, 0.3) is 5.91 Å². The first-order valence-corrected chi connectivity index (χ1v) is 14.7. The molecule has 2 fully saturated rings. The van der Waals surface area contributed by atoms with E-state index in [4.69, 9.17) is 0 Å². The monoisotopic (exact) mass is 558 g/mol. The normalized spacial score (nSPS) is 24.1. The smallest absolute Gasteiger partial charge is 0.325 e. The molecule has 11 heteroatoms. The highest BCUT2D eigenvalue weighted by Gasteiger charge is 2.52. The van der Waals surface area contributed by atoms with Crippen molar-refractivity contribution in [3.05, 3.63) is 59.9 Å². The van der Waals surface area contributed by atoms with Gasteiger partial charge in [0.2, 0.25) is 15.9 Å². The minimum Gasteiger partial charge on any atom is -0.325 e. The lowest BCUT2D eigenvalue weighted by Gasteiger charge is -2.34. The van der Waals surface area contributed by atoms with Gasteiger partial charge in [-0.15, -0.1) is 0 Å². The summed E-state index contributed by atoms with van der Waals surface area (Å²) in [4.78, 5) is 40.1. The summed E-state index contributed by atoms with van der Waals surface area (Å²) in [5.74, 6) is -1.10. The lowest BCUT2D eigenvalue weighted by molar-refractivity contribution is -0.134. The van der Waals surface area contributed by atoms with Crippen LogP contribution in [0, 0.1) is 17.7 Å². The van der Waals surface area contributed by atoms with E-state index < -0.39 is 45.8 Å². The van der Waals surface area contributed by atoms with Crippen LogP contribution in [0.1, 0.15) is 52.0 Å². The van der Waals surface area contributed by atoms with Gasteiger partial charge < -0.3 is 10.6 Å². The maximum absolute atomic E-state index is 13.5. The Hall–Kier alpha value is -3.31. The molecule has 0 aromatic heterocycles. The molecule has 2 heterocycles. The molecule has 0 aliphatic carbocycles. The summed E-state index contributed by atoms with van der Waals surface area (Å²) >= 11 is 0. The summed E-state index contributed by atoms with van der Waals surface area (Å²) in [6.07, 6.45) is 2.70. The Labute approximate surface area is 228 Å². The van der Waals surface area contributed by atoms with Crippen LogP contribution in [-0.2, 0) is 25.2 Å². The lowest BCUT2D eigenvalue weighted by Crippen LogP contribution is -2.44. The number of unbranched alkanes of at least 4 members (excludes halogenated alkanes) is 1. The first-order chi connectivity index (χ1) is 18.5. The average Bonchev–Trinajstić information content (AvgIpc) is 3.12. The Morgan fingerprint density at radius 3 is 2.26 bits per heavy atom. The summed E-state index contributed by atoms with van der Waals surface area (Å²) in [6, 6.07) is 10.5. The highest BCUT2D eigenvalue weighted by atomic mass is 32.2. The van der Waals surface area contributed by atoms with Crippen molar-refractivity contribution in [2.75, 3.05) is 25.0 Å². The predicted molar refractivity (Wildman–Crippen MR) is 145 cm³/mol. The number of nitrogens with one attached hydrogen (secondary N) is 2. The molecule has 4 rings (SSSR count). The maximum atomic E-state index is 13.5. The molecule has 0 radical (unpaired) electrons. The minimum absolute atomic E-state index is 0.135. The Morgan fingerprint density at radius 1 is 1.05 bits per heavy atom. The van der Waals surface area contributed by atoms with Crippen LogP contribution in [0.5, 0.6) is 0 Å². The third-order valence-electron chi connectivity index (χ3n) is 7.33. The van der Waals surface area contributed by atoms with E-state index in [-0.39, 0.29) is 16.7 Å². The van der Waals surface area contributed by atoms with Crippen molar-refractivity contribution in [3.63, 3.8) is 0 Å². The Kier molecular flexibility index (Phi) is 8.41. The number of benzene rings is 2. The number of nitrogens with zero attached hydrogens (tertiary/aromatic N) is 2. The van der Waals surface area contributed by atoms with Gasteiger partial charge in [-0.2, -0.15) is 4.31 Å². The third-order valence-corrected chi connectivity index (χ3v) is 9.18. The summed E-state index contributed by atoms with van der Waals surface area (Å²) in [5, 5.41) is 5.36. The standard InChI is InChI=1S/C28H35FN4O5S/c1-4-5-14-28(21-6-8-22(29)9-7-21)26(35)33(27(36)31-28)18-25(34)30-23-10-12-24(13-11-23)39(37,38)32-16-19(2)15-20(3)17-32/h6-13,19-20H,4-5,14-18H2,1-3H3,(H,30,34)(H,31,36)/t19-,20-,28-/m1/s1. The topological polar surface area (TPSA) is 116 Å². The summed E-state index contributed by atoms with van der Waals surface area (Å²) in [5.41, 5.74) is -0.587. The average molecular weight is 559 g/mol. The van der Waals surface area contributed by atoms with Gasteiger partial charge in [-0.1, -0.05) is 45.7 Å². The van der Waals surface area contributed by atoms with Crippen LogP contribution in [-0.4, -0.2) is 55.1 Å². The zero-order valence-corrected chi connectivity index (χ0v) is 23.3. The number of piperidine rings is 1. The van der Waals surface area contributed by atoms with E-state index in [1.807, 2.05) is 20.8 Å². The number of rotatable bonds is 9. The van der Waals surface area contributed by atoms with Gasteiger partial charge in [0, 0.05) is 18.8 Å². The number of imide groups is 1. The molecule has 9 nitrogen and oxygen atoms in total. The molecule has 2 aromatic rings. The fraction of sp³-hybridized carbons (Fsp3) is 0.464. The van der Waals surface area contributed by atoms with Gasteiger partial charge in [0.1, 0.15) is 17.9 Å². The number of amides is 4. The SMILES string of the molecule is CCCC[C@]1(c2ccc(F)cc2)NC(=O)N(CC(=O)Nc2ccc(S(=O)(=O)N3C[C@H](C)C[C@@H](C)C3)cc2)C1=O. The molecule has 2 aromatic carbocycles. The molecule has 2 aliphatic rings. The van der Waals surface area contributed by atoms with E-state index in [0.717, 1.165) is 17.7 Å². The largest absolute Gasteiger partial charge is 0.325 e. The molecule has 0 spiro atoms. The number of halogens is 1. The number of sulfonamides is 1. The zero-order valence-electron chi connectivity index (χ0n) is 22.4. The van der Waals surface area contributed by atoms with Crippen LogP contribution in [0.3, 0.4) is 0 Å². The molecule has 2 N–H and O–H groups in total. The molecule has 3 atom stereocenters. The van der Waals surface area contributed by atoms with Gasteiger partial charge in [0.05, 0.1) is 4.90 Å². The number of hydrogen-bond donors (Lipinski definition) is 2. The second-order valence-corrected chi connectivity index (χ2v) is 12.6. The fourth-order valence-electron chi connectivity index (χ4n) is 5.46. The molecule has 39 heavy (non-hydrogen) atoms. The summed E-state index contributed by atoms with van der Waals surface area (Å²) in [7, 11) is -3.66.